The molecule has 0 atom stereocenters. The predicted molar refractivity (Wildman–Crippen MR) is 80.1 cm³/mol. The first-order valence-electron chi connectivity index (χ1n) is 6.80. The van der Waals surface area contributed by atoms with Gasteiger partial charge in [0.05, 0.1) is 11.1 Å². The first-order valence-corrected chi connectivity index (χ1v) is 7.18. The number of nitrogens with zero attached hydrogens (tertiary/aromatic N) is 2. The van der Waals surface area contributed by atoms with Crippen LogP contribution in [0.25, 0.3) is 22.4 Å². The summed E-state index contributed by atoms with van der Waals surface area (Å²) in [5.74, 6) is 0.310. The summed E-state index contributed by atoms with van der Waals surface area (Å²) in [5.41, 5.74) is 1.62. The summed E-state index contributed by atoms with van der Waals surface area (Å²) >= 11 is 6.02. The van der Waals surface area contributed by atoms with Gasteiger partial charge in [-0.15, -0.1) is 0 Å². The molecule has 1 N–H and O–H groups in total. The third kappa shape index (κ3) is 1.98. The molecule has 0 bridgehead atoms. The summed E-state index contributed by atoms with van der Waals surface area (Å²) in [6.45, 7) is 0. The number of aromatic hydroxyl groups is 1. The number of para-hydroxylation sites is 1. The van der Waals surface area contributed by atoms with Crippen LogP contribution in [-0.4, -0.2) is 14.7 Å². The topological polar surface area (TPSA) is 38.1 Å². The summed E-state index contributed by atoms with van der Waals surface area (Å²) in [6.07, 6.45) is 2.08. The van der Waals surface area contributed by atoms with Crippen molar-refractivity contribution in [2.24, 2.45) is 0 Å². The first kappa shape index (κ1) is 12.7. The minimum atomic E-state index is -0.352. The van der Waals surface area contributed by atoms with Gasteiger partial charge >= 0.3 is 0 Å². The third-order valence-corrected chi connectivity index (χ3v) is 4.02. The second-order valence-electron chi connectivity index (χ2n) is 5.31. The molecule has 1 saturated carbocycles. The van der Waals surface area contributed by atoms with Gasteiger partial charge in [0.1, 0.15) is 17.1 Å². The van der Waals surface area contributed by atoms with E-state index >= 15 is 0 Å². The van der Waals surface area contributed by atoms with E-state index in [0.29, 0.717) is 28.0 Å². The summed E-state index contributed by atoms with van der Waals surface area (Å²) in [6, 6.07) is 10.1. The van der Waals surface area contributed by atoms with E-state index in [1.165, 1.54) is 12.1 Å². The quantitative estimate of drug-likeness (QED) is 0.755. The number of rotatable bonds is 2. The lowest BCUT2D eigenvalue weighted by molar-refractivity contribution is 0.476. The molecule has 1 fully saturated rings. The zero-order valence-electron chi connectivity index (χ0n) is 11.1. The maximum absolute atomic E-state index is 14.0. The fourth-order valence-corrected chi connectivity index (χ4v) is 2.83. The standard InChI is InChI=1S/C16H12ClFN2O/c17-9-4-7-14(21)11(8-9)16-19-15-12(18)2-1-3-13(15)20(16)10-5-6-10/h1-4,7-8,10,21H,5-6H2. The lowest BCUT2D eigenvalue weighted by Crippen LogP contribution is -1.97. The molecule has 4 rings (SSSR count). The van der Waals surface area contributed by atoms with Gasteiger partial charge in [0.25, 0.3) is 0 Å². The largest absolute Gasteiger partial charge is 0.507 e. The van der Waals surface area contributed by atoms with E-state index in [2.05, 4.69) is 4.98 Å². The zero-order valence-corrected chi connectivity index (χ0v) is 11.8. The number of benzene rings is 2. The van der Waals surface area contributed by atoms with Gasteiger partial charge in [0, 0.05) is 11.1 Å². The summed E-state index contributed by atoms with van der Waals surface area (Å²) in [7, 11) is 0. The molecule has 5 heteroatoms. The Labute approximate surface area is 125 Å². The Morgan fingerprint density at radius 3 is 2.81 bits per heavy atom. The molecular weight excluding hydrogens is 291 g/mol. The molecule has 2 aromatic carbocycles. The molecule has 1 aliphatic rings. The van der Waals surface area contributed by atoms with Crippen LogP contribution in [0.1, 0.15) is 18.9 Å². The van der Waals surface area contributed by atoms with E-state index in [0.717, 1.165) is 18.4 Å². The van der Waals surface area contributed by atoms with Crippen molar-refractivity contribution < 1.29 is 9.50 Å². The number of aromatic nitrogens is 2. The number of imidazole rings is 1. The van der Waals surface area contributed by atoms with E-state index in [1.807, 2.05) is 10.6 Å². The van der Waals surface area contributed by atoms with Crippen molar-refractivity contribution in [1.29, 1.82) is 0 Å². The second kappa shape index (κ2) is 4.46. The Kier molecular flexibility index (Phi) is 2.69. The average Bonchev–Trinajstić information content (AvgIpc) is 3.22. The lowest BCUT2D eigenvalue weighted by Gasteiger charge is -2.09. The first-order chi connectivity index (χ1) is 10.1. The van der Waals surface area contributed by atoms with E-state index in [-0.39, 0.29) is 11.6 Å². The van der Waals surface area contributed by atoms with Crippen LogP contribution in [-0.2, 0) is 0 Å². The van der Waals surface area contributed by atoms with E-state index in [4.69, 9.17) is 11.6 Å². The van der Waals surface area contributed by atoms with Crippen molar-refractivity contribution >= 4 is 22.6 Å². The Bertz CT molecular complexity index is 855. The highest BCUT2D eigenvalue weighted by Crippen LogP contribution is 2.43. The molecular formula is C16H12ClFN2O. The maximum Gasteiger partial charge on any atom is 0.151 e. The molecule has 1 heterocycles. The van der Waals surface area contributed by atoms with Crippen LogP contribution < -0.4 is 0 Å². The molecule has 21 heavy (non-hydrogen) atoms. The number of halogens is 2. The van der Waals surface area contributed by atoms with Crippen molar-refractivity contribution in [3.8, 4) is 17.1 Å². The molecule has 0 amide bonds. The Morgan fingerprint density at radius 2 is 2.05 bits per heavy atom. The van der Waals surface area contributed by atoms with Crippen LogP contribution >= 0.6 is 11.6 Å². The molecule has 0 radical (unpaired) electrons. The number of phenolic OH excluding ortho intramolecular Hbond substituents is 1. The van der Waals surface area contributed by atoms with Crippen molar-refractivity contribution in [2.45, 2.75) is 18.9 Å². The highest BCUT2D eigenvalue weighted by Gasteiger charge is 2.30. The smallest absolute Gasteiger partial charge is 0.151 e. The Hall–Kier alpha value is -2.07. The summed E-state index contributed by atoms with van der Waals surface area (Å²) in [5, 5.41) is 10.6. The van der Waals surface area contributed by atoms with Crippen molar-refractivity contribution in [3.05, 3.63) is 47.2 Å². The Balaban J connectivity index is 2.06. The van der Waals surface area contributed by atoms with Gasteiger partial charge in [-0.2, -0.15) is 0 Å². The zero-order chi connectivity index (χ0) is 14.6. The van der Waals surface area contributed by atoms with Crippen LogP contribution in [0.2, 0.25) is 5.02 Å². The monoisotopic (exact) mass is 302 g/mol. The highest BCUT2D eigenvalue weighted by molar-refractivity contribution is 6.30. The second-order valence-corrected chi connectivity index (χ2v) is 5.74. The average molecular weight is 303 g/mol. The van der Waals surface area contributed by atoms with Gasteiger partial charge in [-0.3, -0.25) is 0 Å². The lowest BCUT2D eigenvalue weighted by atomic mass is 10.2. The third-order valence-electron chi connectivity index (χ3n) is 3.78. The molecule has 0 aliphatic heterocycles. The predicted octanol–water partition coefficient (Wildman–Crippen LogP) is 4.54. The minimum absolute atomic E-state index is 0.0945. The maximum atomic E-state index is 14.0. The molecule has 106 valence electrons. The Morgan fingerprint density at radius 1 is 1.24 bits per heavy atom. The molecule has 1 aromatic heterocycles. The fourth-order valence-electron chi connectivity index (χ4n) is 2.66. The molecule has 0 saturated heterocycles. The molecule has 0 unspecified atom stereocenters. The molecule has 0 spiro atoms. The number of hydrogen-bond donors (Lipinski definition) is 1. The molecule has 3 aromatic rings. The van der Waals surface area contributed by atoms with E-state index in [1.54, 1.807) is 18.2 Å². The normalized spacial score (nSPS) is 14.8. The van der Waals surface area contributed by atoms with Crippen molar-refractivity contribution in [2.75, 3.05) is 0 Å². The van der Waals surface area contributed by atoms with Crippen molar-refractivity contribution in [3.63, 3.8) is 0 Å². The van der Waals surface area contributed by atoms with Crippen LogP contribution in [0.3, 0.4) is 0 Å². The van der Waals surface area contributed by atoms with Gasteiger partial charge in [0.15, 0.2) is 5.82 Å². The van der Waals surface area contributed by atoms with Gasteiger partial charge in [0.2, 0.25) is 0 Å². The van der Waals surface area contributed by atoms with Gasteiger partial charge in [-0.1, -0.05) is 17.7 Å². The molecule has 1 aliphatic carbocycles. The van der Waals surface area contributed by atoms with E-state index < -0.39 is 0 Å². The van der Waals surface area contributed by atoms with Gasteiger partial charge in [-0.25, -0.2) is 9.37 Å². The number of fused-ring (bicyclic) bond motifs is 1. The van der Waals surface area contributed by atoms with Crippen LogP contribution in [0.15, 0.2) is 36.4 Å². The SMILES string of the molecule is Oc1ccc(Cl)cc1-c1nc2c(F)cccc2n1C1CC1. The van der Waals surface area contributed by atoms with E-state index in [9.17, 15) is 9.50 Å². The minimum Gasteiger partial charge on any atom is -0.507 e. The van der Waals surface area contributed by atoms with Crippen LogP contribution in [0.5, 0.6) is 5.75 Å². The summed E-state index contributed by atoms with van der Waals surface area (Å²) in [4.78, 5) is 4.41. The highest BCUT2D eigenvalue weighted by atomic mass is 35.5. The van der Waals surface area contributed by atoms with Crippen LogP contribution in [0, 0.1) is 5.82 Å². The number of hydrogen-bond acceptors (Lipinski definition) is 2. The fraction of sp³-hybridized carbons (Fsp3) is 0.188. The van der Waals surface area contributed by atoms with Gasteiger partial charge in [-0.05, 0) is 43.2 Å². The number of phenols is 1. The molecule has 3 nitrogen and oxygen atoms in total. The van der Waals surface area contributed by atoms with Gasteiger partial charge < -0.3 is 9.67 Å². The van der Waals surface area contributed by atoms with Crippen molar-refractivity contribution in [1.82, 2.24) is 9.55 Å². The summed E-state index contributed by atoms with van der Waals surface area (Å²) < 4.78 is 16.0. The van der Waals surface area contributed by atoms with Crippen LogP contribution in [0.4, 0.5) is 4.39 Å².